The van der Waals surface area contributed by atoms with E-state index in [4.69, 9.17) is 4.74 Å². The van der Waals surface area contributed by atoms with Gasteiger partial charge >= 0.3 is 11.7 Å². The Balaban J connectivity index is 1.73. The Morgan fingerprint density at radius 3 is 2.81 bits per heavy atom. The number of hydrogen-bond donors (Lipinski definition) is 1. The van der Waals surface area contributed by atoms with Gasteiger partial charge in [0.2, 0.25) is 5.75 Å². The fourth-order valence-electron chi connectivity index (χ4n) is 2.37. The molecule has 1 aromatic heterocycles. The highest BCUT2D eigenvalue weighted by Crippen LogP contribution is 2.27. The van der Waals surface area contributed by atoms with Crippen LogP contribution in [-0.4, -0.2) is 20.9 Å². The van der Waals surface area contributed by atoms with Gasteiger partial charge in [-0.15, -0.1) is 0 Å². The Bertz CT molecular complexity index is 1060. The predicted octanol–water partition coefficient (Wildman–Crippen LogP) is 2.51. The second-order valence-electron chi connectivity index (χ2n) is 5.37. The second kappa shape index (κ2) is 7.09. The zero-order valence-corrected chi connectivity index (χ0v) is 13.3. The van der Waals surface area contributed by atoms with Crippen LogP contribution in [0.2, 0.25) is 0 Å². The van der Waals surface area contributed by atoms with E-state index in [2.05, 4.69) is 9.97 Å². The normalized spacial score (nSPS) is 10.7. The van der Waals surface area contributed by atoms with E-state index < -0.39 is 28.1 Å². The van der Waals surface area contributed by atoms with Gasteiger partial charge in [-0.1, -0.05) is 12.1 Å². The molecule has 1 heterocycles. The topological polar surface area (TPSA) is 115 Å². The third-order valence-corrected chi connectivity index (χ3v) is 3.57. The van der Waals surface area contributed by atoms with Gasteiger partial charge in [0.1, 0.15) is 11.6 Å². The van der Waals surface area contributed by atoms with Crippen LogP contribution in [0.1, 0.15) is 12.2 Å². The van der Waals surface area contributed by atoms with Crippen molar-refractivity contribution in [1.29, 1.82) is 0 Å². The van der Waals surface area contributed by atoms with Crippen molar-refractivity contribution >= 4 is 22.6 Å². The summed E-state index contributed by atoms with van der Waals surface area (Å²) in [4.78, 5) is 40.8. The number of ether oxygens (including phenoxy) is 1. The lowest BCUT2D eigenvalue weighted by Gasteiger charge is -2.06. The summed E-state index contributed by atoms with van der Waals surface area (Å²) in [6.07, 6.45) is -0.142. The smallest absolute Gasteiger partial charge is 0.311 e. The largest absolute Gasteiger partial charge is 0.419 e. The van der Waals surface area contributed by atoms with Gasteiger partial charge in [0.15, 0.2) is 0 Å². The molecule has 3 aromatic rings. The number of carbonyl (C=O) groups is 1. The van der Waals surface area contributed by atoms with E-state index in [-0.39, 0.29) is 24.2 Å². The Morgan fingerprint density at radius 1 is 1.27 bits per heavy atom. The molecule has 0 saturated heterocycles. The molecular weight excluding hydrogens is 345 g/mol. The summed E-state index contributed by atoms with van der Waals surface area (Å²) in [7, 11) is 0. The Kier molecular flexibility index (Phi) is 4.70. The molecule has 1 N–H and O–H groups in total. The average Bonchev–Trinajstić information content (AvgIpc) is 2.60. The fraction of sp³-hybridized carbons (Fsp3) is 0.118. The monoisotopic (exact) mass is 357 g/mol. The summed E-state index contributed by atoms with van der Waals surface area (Å²) >= 11 is 0. The molecular formula is C17H12FN3O5. The van der Waals surface area contributed by atoms with Crippen LogP contribution in [0.4, 0.5) is 10.1 Å². The minimum absolute atomic E-state index is 0.0576. The zero-order chi connectivity index (χ0) is 18.7. The van der Waals surface area contributed by atoms with Crippen LogP contribution in [0.3, 0.4) is 0 Å². The van der Waals surface area contributed by atoms with E-state index in [1.165, 1.54) is 0 Å². The van der Waals surface area contributed by atoms with Crippen molar-refractivity contribution in [3.05, 3.63) is 74.6 Å². The van der Waals surface area contributed by atoms with E-state index in [9.17, 15) is 24.1 Å². The number of fused-ring (bicyclic) bond motifs is 1. The van der Waals surface area contributed by atoms with Gasteiger partial charge < -0.3 is 9.72 Å². The van der Waals surface area contributed by atoms with Crippen LogP contribution in [0, 0.1) is 15.9 Å². The molecule has 26 heavy (non-hydrogen) atoms. The number of aromatic amines is 1. The van der Waals surface area contributed by atoms with Crippen LogP contribution >= 0.6 is 0 Å². The van der Waals surface area contributed by atoms with Crippen molar-refractivity contribution in [3.63, 3.8) is 0 Å². The number of H-pyrrole nitrogens is 1. The molecule has 0 radical (unpaired) electrons. The first-order chi connectivity index (χ1) is 12.4. The van der Waals surface area contributed by atoms with Gasteiger partial charge in [-0.25, -0.2) is 9.37 Å². The van der Waals surface area contributed by atoms with Crippen LogP contribution in [0.25, 0.3) is 10.9 Å². The first-order valence-electron chi connectivity index (χ1n) is 7.56. The summed E-state index contributed by atoms with van der Waals surface area (Å²) in [6, 6.07) is 9.33. The Morgan fingerprint density at radius 2 is 2.04 bits per heavy atom. The lowest BCUT2D eigenvalue weighted by atomic mass is 10.2. The molecule has 9 heteroatoms. The zero-order valence-electron chi connectivity index (χ0n) is 13.3. The number of rotatable bonds is 5. The van der Waals surface area contributed by atoms with E-state index in [0.29, 0.717) is 10.9 Å². The standard InChI is InChI=1S/C17H12FN3O5/c18-10-5-6-13(21(24)25)14(9-10)26-16(22)8-7-15-19-12-4-2-1-3-11(12)17(23)20-15/h1-6,9H,7-8H2,(H,19,20,23). The SMILES string of the molecule is O=C(CCc1nc2ccccc2c(=O)[nH]1)Oc1cc(F)ccc1[N+](=O)[O-]. The lowest BCUT2D eigenvalue weighted by Crippen LogP contribution is -2.15. The molecule has 0 fully saturated rings. The van der Waals surface area contributed by atoms with E-state index in [1.807, 2.05) is 0 Å². The Hall–Kier alpha value is -3.62. The minimum Gasteiger partial charge on any atom is -0.419 e. The molecule has 0 aliphatic rings. The van der Waals surface area contributed by atoms with Crippen molar-refractivity contribution in [3.8, 4) is 5.75 Å². The van der Waals surface area contributed by atoms with Crippen molar-refractivity contribution in [1.82, 2.24) is 9.97 Å². The highest BCUT2D eigenvalue weighted by atomic mass is 19.1. The quantitative estimate of drug-likeness (QED) is 0.325. The molecule has 8 nitrogen and oxygen atoms in total. The third-order valence-electron chi connectivity index (χ3n) is 3.57. The molecule has 0 bridgehead atoms. The van der Waals surface area contributed by atoms with Gasteiger partial charge in [-0.05, 0) is 18.2 Å². The molecule has 0 spiro atoms. The first kappa shape index (κ1) is 17.2. The van der Waals surface area contributed by atoms with Crippen molar-refractivity contribution < 1.29 is 18.8 Å². The number of aromatic nitrogens is 2. The molecule has 0 unspecified atom stereocenters. The summed E-state index contributed by atoms with van der Waals surface area (Å²) < 4.78 is 18.1. The summed E-state index contributed by atoms with van der Waals surface area (Å²) in [6.45, 7) is 0. The number of carbonyl (C=O) groups excluding carboxylic acids is 1. The second-order valence-corrected chi connectivity index (χ2v) is 5.37. The fourth-order valence-corrected chi connectivity index (χ4v) is 2.37. The van der Waals surface area contributed by atoms with E-state index >= 15 is 0 Å². The van der Waals surface area contributed by atoms with E-state index in [0.717, 1.165) is 18.2 Å². The number of nitro benzene ring substituents is 1. The van der Waals surface area contributed by atoms with Crippen molar-refractivity contribution in [2.75, 3.05) is 0 Å². The molecule has 0 amide bonds. The number of aryl methyl sites for hydroxylation is 1. The first-order valence-corrected chi connectivity index (χ1v) is 7.56. The molecule has 3 rings (SSSR count). The van der Waals surface area contributed by atoms with Crippen molar-refractivity contribution in [2.24, 2.45) is 0 Å². The minimum atomic E-state index is -0.811. The molecule has 0 atom stereocenters. The van der Waals surface area contributed by atoms with Crippen LogP contribution < -0.4 is 10.3 Å². The highest BCUT2D eigenvalue weighted by molar-refractivity contribution is 5.77. The van der Waals surface area contributed by atoms with Gasteiger partial charge in [0.05, 0.1) is 22.2 Å². The number of nitrogens with one attached hydrogen (secondary N) is 1. The maximum absolute atomic E-state index is 13.2. The van der Waals surface area contributed by atoms with Gasteiger partial charge in [0.25, 0.3) is 5.56 Å². The Labute approximate surface area is 145 Å². The predicted molar refractivity (Wildman–Crippen MR) is 89.4 cm³/mol. The van der Waals surface area contributed by atoms with Crippen molar-refractivity contribution in [2.45, 2.75) is 12.8 Å². The number of hydrogen-bond acceptors (Lipinski definition) is 6. The summed E-state index contributed by atoms with van der Waals surface area (Å²) in [5.41, 5.74) is -0.364. The third kappa shape index (κ3) is 3.72. The molecule has 132 valence electrons. The molecule has 0 saturated carbocycles. The van der Waals surface area contributed by atoms with Gasteiger partial charge in [-0.3, -0.25) is 19.7 Å². The number of nitrogens with zero attached hydrogens (tertiary/aromatic N) is 2. The number of esters is 1. The maximum Gasteiger partial charge on any atom is 0.311 e. The van der Waals surface area contributed by atoms with Gasteiger partial charge in [0, 0.05) is 18.6 Å². The van der Waals surface area contributed by atoms with E-state index in [1.54, 1.807) is 24.3 Å². The number of halogens is 1. The molecule has 0 aliphatic carbocycles. The van der Waals surface area contributed by atoms with Crippen LogP contribution in [0.15, 0.2) is 47.3 Å². The van der Waals surface area contributed by atoms with Crippen LogP contribution in [-0.2, 0) is 11.2 Å². The highest BCUT2D eigenvalue weighted by Gasteiger charge is 2.19. The molecule has 0 aliphatic heterocycles. The molecule has 2 aromatic carbocycles. The lowest BCUT2D eigenvalue weighted by molar-refractivity contribution is -0.385. The summed E-state index contributed by atoms with van der Waals surface area (Å²) in [5.74, 6) is -1.77. The van der Waals surface area contributed by atoms with Crippen LogP contribution in [0.5, 0.6) is 5.75 Å². The number of benzene rings is 2. The maximum atomic E-state index is 13.2. The summed E-state index contributed by atoms with van der Waals surface area (Å²) in [5, 5.41) is 11.3. The average molecular weight is 357 g/mol. The number of nitro groups is 1. The van der Waals surface area contributed by atoms with Gasteiger partial charge in [-0.2, -0.15) is 0 Å². The number of para-hydroxylation sites is 1.